The Hall–Kier alpha value is -2.34. The van der Waals surface area contributed by atoms with Crippen molar-refractivity contribution in [1.29, 1.82) is 0 Å². The van der Waals surface area contributed by atoms with Gasteiger partial charge in [-0.1, -0.05) is 18.5 Å². The van der Waals surface area contributed by atoms with Crippen molar-refractivity contribution >= 4 is 23.4 Å². The Morgan fingerprint density at radius 3 is 2.48 bits per heavy atom. The summed E-state index contributed by atoms with van der Waals surface area (Å²) >= 11 is 5.88. The number of nitrogens with zero attached hydrogens (tertiary/aromatic N) is 2. The molecule has 1 heterocycles. The van der Waals surface area contributed by atoms with Gasteiger partial charge < -0.3 is 9.47 Å². The number of ketones is 1. The Bertz CT molecular complexity index is 715. The summed E-state index contributed by atoms with van der Waals surface area (Å²) in [5, 5.41) is 0.558. The highest BCUT2D eigenvalue weighted by Gasteiger charge is 2.46. The summed E-state index contributed by atoms with van der Waals surface area (Å²) in [6, 6.07) is 6.65. The zero-order valence-corrected chi connectivity index (χ0v) is 15.2. The number of carbonyl (C=O) groups is 2. The molecule has 0 aliphatic rings. The first-order valence-corrected chi connectivity index (χ1v) is 8.41. The first-order chi connectivity index (χ1) is 11.9. The number of Topliss-reactive ketones (excluding diaryl/α,β-unsaturated/α-hetero) is 1. The number of ether oxygens (including phenoxy) is 2. The van der Waals surface area contributed by atoms with E-state index < -0.39 is 23.4 Å². The van der Waals surface area contributed by atoms with Gasteiger partial charge in [-0.3, -0.25) is 14.2 Å². The van der Waals surface area contributed by atoms with E-state index in [1.165, 1.54) is 10.9 Å². The van der Waals surface area contributed by atoms with Crippen LogP contribution in [0.15, 0.2) is 43.0 Å². The lowest BCUT2D eigenvalue weighted by atomic mass is 9.82. The molecule has 0 radical (unpaired) electrons. The second-order valence-electron chi connectivity index (χ2n) is 5.70. The minimum Gasteiger partial charge on any atom is -0.465 e. The summed E-state index contributed by atoms with van der Waals surface area (Å²) < 4.78 is 12.5. The SMILES string of the molecule is CCOC(=O)C(C)(CC)C(=O)C(Oc1ccc(Cl)cc1)n1ccnc1. The van der Waals surface area contributed by atoms with Gasteiger partial charge in [0.05, 0.1) is 12.9 Å². The topological polar surface area (TPSA) is 70.4 Å². The summed E-state index contributed by atoms with van der Waals surface area (Å²) in [5.41, 5.74) is -1.32. The lowest BCUT2D eigenvalue weighted by Crippen LogP contribution is -2.43. The van der Waals surface area contributed by atoms with Gasteiger partial charge in [0.15, 0.2) is 0 Å². The average Bonchev–Trinajstić information content (AvgIpc) is 3.14. The van der Waals surface area contributed by atoms with Crippen molar-refractivity contribution in [2.24, 2.45) is 5.41 Å². The highest BCUT2D eigenvalue weighted by Crippen LogP contribution is 2.32. The second kappa shape index (κ2) is 8.16. The molecule has 2 unspecified atom stereocenters. The number of carbonyl (C=O) groups excluding carboxylic acids is 2. The van der Waals surface area contributed by atoms with E-state index in [1.807, 2.05) is 0 Å². The van der Waals surface area contributed by atoms with Crippen LogP contribution in [0.3, 0.4) is 0 Å². The van der Waals surface area contributed by atoms with Gasteiger partial charge in [-0.05, 0) is 44.5 Å². The largest absolute Gasteiger partial charge is 0.465 e. The van der Waals surface area contributed by atoms with Gasteiger partial charge in [0.25, 0.3) is 0 Å². The molecule has 6 nitrogen and oxygen atoms in total. The van der Waals surface area contributed by atoms with Crippen molar-refractivity contribution in [2.75, 3.05) is 6.61 Å². The molecule has 0 bridgehead atoms. The molecule has 0 fully saturated rings. The lowest BCUT2D eigenvalue weighted by Gasteiger charge is -2.29. The predicted octanol–water partition coefficient (Wildman–Crippen LogP) is 3.66. The fourth-order valence-corrected chi connectivity index (χ4v) is 2.41. The molecule has 7 heteroatoms. The molecule has 25 heavy (non-hydrogen) atoms. The molecule has 0 aliphatic heterocycles. The van der Waals surface area contributed by atoms with Gasteiger partial charge in [0.1, 0.15) is 11.2 Å². The third-order valence-electron chi connectivity index (χ3n) is 4.06. The molecule has 0 aliphatic carbocycles. The van der Waals surface area contributed by atoms with Crippen molar-refractivity contribution < 1.29 is 19.1 Å². The molecule has 0 saturated heterocycles. The van der Waals surface area contributed by atoms with Crippen LogP contribution in [0.25, 0.3) is 0 Å². The predicted molar refractivity (Wildman–Crippen MR) is 93.4 cm³/mol. The molecule has 0 saturated carbocycles. The number of hydrogen-bond acceptors (Lipinski definition) is 5. The first-order valence-electron chi connectivity index (χ1n) is 8.03. The molecular weight excluding hydrogens is 344 g/mol. The number of rotatable bonds is 8. The van der Waals surface area contributed by atoms with Crippen molar-refractivity contribution in [1.82, 2.24) is 9.55 Å². The summed E-state index contributed by atoms with van der Waals surface area (Å²) in [7, 11) is 0. The molecule has 0 N–H and O–H groups in total. The molecule has 2 atom stereocenters. The smallest absolute Gasteiger partial charge is 0.319 e. The molecular formula is C18H21ClN2O4. The van der Waals surface area contributed by atoms with Crippen molar-refractivity contribution in [2.45, 2.75) is 33.4 Å². The third kappa shape index (κ3) is 4.20. The number of esters is 1. The Balaban J connectivity index is 2.36. The molecule has 0 spiro atoms. The van der Waals surface area contributed by atoms with E-state index in [1.54, 1.807) is 57.4 Å². The quantitative estimate of drug-likeness (QED) is 0.528. The van der Waals surface area contributed by atoms with Gasteiger partial charge in [0.2, 0.25) is 12.0 Å². The van der Waals surface area contributed by atoms with Crippen molar-refractivity contribution in [3.8, 4) is 5.75 Å². The van der Waals surface area contributed by atoms with Gasteiger partial charge in [-0.2, -0.15) is 0 Å². The zero-order valence-electron chi connectivity index (χ0n) is 14.4. The van der Waals surface area contributed by atoms with Crippen LogP contribution in [0.1, 0.15) is 33.4 Å². The normalized spacial score (nSPS) is 14.4. The minimum atomic E-state index is -1.32. The Labute approximate surface area is 151 Å². The number of hydrogen-bond donors (Lipinski definition) is 0. The summed E-state index contributed by atoms with van der Waals surface area (Å²) in [4.78, 5) is 29.5. The molecule has 0 amide bonds. The van der Waals surface area contributed by atoms with E-state index in [9.17, 15) is 9.59 Å². The van der Waals surface area contributed by atoms with Gasteiger partial charge in [0, 0.05) is 17.4 Å². The molecule has 2 aromatic rings. The van der Waals surface area contributed by atoms with Crippen LogP contribution in [-0.4, -0.2) is 27.9 Å². The Morgan fingerprint density at radius 1 is 1.28 bits per heavy atom. The maximum atomic E-state index is 13.2. The van der Waals surface area contributed by atoms with E-state index in [2.05, 4.69) is 4.98 Å². The summed E-state index contributed by atoms with van der Waals surface area (Å²) in [6.07, 6.45) is 3.87. The molecule has 1 aromatic heterocycles. The van der Waals surface area contributed by atoms with E-state index in [-0.39, 0.29) is 6.61 Å². The Kier molecular flexibility index (Phi) is 6.20. The summed E-state index contributed by atoms with van der Waals surface area (Å²) in [6.45, 7) is 5.25. The Morgan fingerprint density at radius 2 is 1.96 bits per heavy atom. The van der Waals surface area contributed by atoms with Crippen LogP contribution in [0, 0.1) is 5.41 Å². The van der Waals surface area contributed by atoms with Crippen molar-refractivity contribution in [3.63, 3.8) is 0 Å². The number of halogens is 1. The van der Waals surface area contributed by atoms with Crippen LogP contribution in [0.2, 0.25) is 5.02 Å². The molecule has 1 aromatic carbocycles. The van der Waals surface area contributed by atoms with Crippen LogP contribution < -0.4 is 4.74 Å². The van der Waals surface area contributed by atoms with E-state index in [0.29, 0.717) is 17.2 Å². The number of imidazole rings is 1. The zero-order chi connectivity index (χ0) is 18.4. The number of aromatic nitrogens is 2. The van der Waals surface area contributed by atoms with Crippen LogP contribution in [0.5, 0.6) is 5.75 Å². The van der Waals surface area contributed by atoms with Crippen molar-refractivity contribution in [3.05, 3.63) is 48.0 Å². The van der Waals surface area contributed by atoms with Gasteiger partial charge in [-0.25, -0.2) is 4.98 Å². The van der Waals surface area contributed by atoms with Crippen LogP contribution in [0.4, 0.5) is 0 Å². The van der Waals surface area contributed by atoms with E-state index >= 15 is 0 Å². The van der Waals surface area contributed by atoms with Crippen LogP contribution in [-0.2, 0) is 14.3 Å². The maximum absolute atomic E-state index is 13.2. The average molecular weight is 365 g/mol. The van der Waals surface area contributed by atoms with Gasteiger partial charge >= 0.3 is 5.97 Å². The lowest BCUT2D eigenvalue weighted by molar-refractivity contribution is -0.163. The van der Waals surface area contributed by atoms with Crippen LogP contribution >= 0.6 is 11.6 Å². The van der Waals surface area contributed by atoms with E-state index in [4.69, 9.17) is 21.1 Å². The molecule has 134 valence electrons. The summed E-state index contributed by atoms with van der Waals surface area (Å²) in [5.74, 6) is -0.507. The van der Waals surface area contributed by atoms with E-state index in [0.717, 1.165) is 0 Å². The first kappa shape index (κ1) is 19.0. The molecule has 2 rings (SSSR count). The fraction of sp³-hybridized carbons (Fsp3) is 0.389. The fourth-order valence-electron chi connectivity index (χ4n) is 2.28. The maximum Gasteiger partial charge on any atom is 0.319 e. The standard InChI is InChI=1S/C18H21ClN2O4/c1-4-18(3,17(23)24-5-2)15(22)16(21-11-10-20-12-21)25-14-8-6-13(19)7-9-14/h6-12,16H,4-5H2,1-3H3. The van der Waals surface area contributed by atoms with Gasteiger partial charge in [-0.15, -0.1) is 0 Å². The third-order valence-corrected chi connectivity index (χ3v) is 4.31. The minimum absolute atomic E-state index is 0.204. The monoisotopic (exact) mass is 364 g/mol. The highest BCUT2D eigenvalue weighted by atomic mass is 35.5. The highest BCUT2D eigenvalue weighted by molar-refractivity contribution is 6.30. The second-order valence-corrected chi connectivity index (χ2v) is 6.14. The number of benzene rings is 1.